The second-order valence-electron chi connectivity index (χ2n) is 5.78. The Kier molecular flexibility index (Phi) is 6.49. The van der Waals surface area contributed by atoms with Gasteiger partial charge in [-0.15, -0.1) is 11.3 Å². The SMILES string of the molecule is CCCNCc1cc(COC2CCN(C)CC2)c(C)s1. The molecule has 4 heteroatoms. The summed E-state index contributed by atoms with van der Waals surface area (Å²) in [5.74, 6) is 0. The lowest BCUT2D eigenvalue weighted by Crippen LogP contribution is -2.34. The molecule has 0 aliphatic carbocycles. The molecule has 1 fully saturated rings. The molecule has 0 bridgehead atoms. The molecule has 3 nitrogen and oxygen atoms in total. The number of hydrogen-bond acceptors (Lipinski definition) is 4. The van der Waals surface area contributed by atoms with Gasteiger partial charge in [-0.25, -0.2) is 0 Å². The molecule has 1 saturated heterocycles. The molecule has 1 N–H and O–H groups in total. The predicted octanol–water partition coefficient (Wildman–Crippen LogP) is 3.17. The number of nitrogens with one attached hydrogen (secondary N) is 1. The summed E-state index contributed by atoms with van der Waals surface area (Å²) in [6.07, 6.45) is 3.98. The normalized spacial score (nSPS) is 17.8. The van der Waals surface area contributed by atoms with Crippen LogP contribution in [0.2, 0.25) is 0 Å². The van der Waals surface area contributed by atoms with Crippen LogP contribution in [-0.4, -0.2) is 37.7 Å². The van der Waals surface area contributed by atoms with Gasteiger partial charge in [0.2, 0.25) is 0 Å². The van der Waals surface area contributed by atoms with Crippen LogP contribution in [0.15, 0.2) is 6.07 Å². The maximum atomic E-state index is 6.10. The molecular formula is C16H28N2OS. The predicted molar refractivity (Wildman–Crippen MR) is 86.4 cm³/mol. The fourth-order valence-electron chi connectivity index (χ4n) is 2.57. The van der Waals surface area contributed by atoms with Crippen LogP contribution in [0.3, 0.4) is 0 Å². The minimum Gasteiger partial charge on any atom is -0.373 e. The lowest BCUT2D eigenvalue weighted by atomic mass is 10.1. The maximum absolute atomic E-state index is 6.10. The van der Waals surface area contributed by atoms with Gasteiger partial charge in [-0.05, 0) is 51.4 Å². The van der Waals surface area contributed by atoms with Gasteiger partial charge in [-0.3, -0.25) is 0 Å². The minimum atomic E-state index is 0.451. The summed E-state index contributed by atoms with van der Waals surface area (Å²) >= 11 is 1.90. The van der Waals surface area contributed by atoms with E-state index >= 15 is 0 Å². The largest absolute Gasteiger partial charge is 0.373 e. The van der Waals surface area contributed by atoms with Gasteiger partial charge in [0.05, 0.1) is 12.7 Å². The molecule has 1 aliphatic rings. The standard InChI is InChI=1S/C16H28N2OS/c1-4-7-17-11-16-10-14(13(2)20-16)12-19-15-5-8-18(3)9-6-15/h10,15,17H,4-9,11-12H2,1-3H3. The molecule has 0 radical (unpaired) electrons. The first-order valence-electron chi connectivity index (χ1n) is 7.78. The minimum absolute atomic E-state index is 0.451. The molecule has 1 aromatic heterocycles. The van der Waals surface area contributed by atoms with Gasteiger partial charge in [-0.2, -0.15) is 0 Å². The molecule has 2 heterocycles. The van der Waals surface area contributed by atoms with Crippen molar-refractivity contribution in [2.45, 2.75) is 52.4 Å². The highest BCUT2D eigenvalue weighted by Gasteiger charge is 2.17. The Morgan fingerprint density at radius 1 is 1.40 bits per heavy atom. The van der Waals surface area contributed by atoms with Crippen molar-refractivity contribution < 1.29 is 4.74 Å². The first-order valence-corrected chi connectivity index (χ1v) is 8.59. The van der Waals surface area contributed by atoms with Gasteiger partial charge in [0.1, 0.15) is 0 Å². The zero-order chi connectivity index (χ0) is 14.4. The van der Waals surface area contributed by atoms with Crippen molar-refractivity contribution in [3.8, 4) is 0 Å². The number of nitrogens with zero attached hydrogens (tertiary/aromatic N) is 1. The molecule has 20 heavy (non-hydrogen) atoms. The molecule has 2 rings (SSSR count). The first-order chi connectivity index (χ1) is 9.69. The maximum Gasteiger partial charge on any atom is 0.0731 e. The number of rotatable bonds is 7. The molecule has 0 aromatic carbocycles. The molecular weight excluding hydrogens is 268 g/mol. The second-order valence-corrected chi connectivity index (χ2v) is 7.13. The van der Waals surface area contributed by atoms with Gasteiger partial charge in [0.25, 0.3) is 0 Å². The summed E-state index contributed by atoms with van der Waals surface area (Å²) in [6, 6.07) is 2.32. The Balaban J connectivity index is 1.77. The summed E-state index contributed by atoms with van der Waals surface area (Å²) in [5, 5.41) is 3.47. The highest BCUT2D eigenvalue weighted by atomic mass is 32.1. The molecule has 1 aliphatic heterocycles. The van der Waals surface area contributed by atoms with Gasteiger partial charge >= 0.3 is 0 Å². The summed E-state index contributed by atoms with van der Waals surface area (Å²) < 4.78 is 6.10. The van der Waals surface area contributed by atoms with Crippen LogP contribution < -0.4 is 5.32 Å². The van der Waals surface area contributed by atoms with Crippen LogP contribution in [0, 0.1) is 6.92 Å². The van der Waals surface area contributed by atoms with E-state index in [1.54, 1.807) is 0 Å². The third kappa shape index (κ3) is 4.85. The quantitative estimate of drug-likeness (QED) is 0.782. The lowest BCUT2D eigenvalue weighted by Gasteiger charge is -2.28. The van der Waals surface area contributed by atoms with Crippen LogP contribution in [0.4, 0.5) is 0 Å². The van der Waals surface area contributed by atoms with Crippen molar-refractivity contribution in [2.75, 3.05) is 26.7 Å². The van der Waals surface area contributed by atoms with Gasteiger partial charge in [0.15, 0.2) is 0 Å². The van der Waals surface area contributed by atoms with Crippen molar-refractivity contribution in [3.63, 3.8) is 0 Å². The third-order valence-electron chi connectivity index (χ3n) is 3.94. The fraction of sp³-hybridized carbons (Fsp3) is 0.750. The van der Waals surface area contributed by atoms with E-state index in [1.807, 2.05) is 11.3 Å². The highest BCUT2D eigenvalue weighted by molar-refractivity contribution is 7.12. The molecule has 1 aromatic rings. The Morgan fingerprint density at radius 2 is 2.15 bits per heavy atom. The Bertz CT molecular complexity index is 397. The van der Waals surface area contributed by atoms with E-state index < -0.39 is 0 Å². The highest BCUT2D eigenvalue weighted by Crippen LogP contribution is 2.23. The number of hydrogen-bond donors (Lipinski definition) is 1. The van der Waals surface area contributed by atoms with Crippen LogP contribution in [0.5, 0.6) is 0 Å². The van der Waals surface area contributed by atoms with Crippen molar-refractivity contribution in [1.29, 1.82) is 0 Å². The number of ether oxygens (including phenoxy) is 1. The Labute approximate surface area is 127 Å². The number of piperidine rings is 1. The monoisotopic (exact) mass is 296 g/mol. The number of likely N-dealkylation sites (tertiary alicyclic amines) is 1. The molecule has 0 amide bonds. The number of thiophene rings is 1. The molecule has 0 atom stereocenters. The molecule has 0 unspecified atom stereocenters. The van der Waals surface area contributed by atoms with Crippen LogP contribution in [0.25, 0.3) is 0 Å². The van der Waals surface area contributed by atoms with E-state index in [0.29, 0.717) is 6.10 Å². The van der Waals surface area contributed by atoms with Crippen LogP contribution in [-0.2, 0) is 17.9 Å². The molecule has 0 spiro atoms. The Morgan fingerprint density at radius 3 is 2.85 bits per heavy atom. The van der Waals surface area contributed by atoms with Gasteiger partial charge < -0.3 is 15.0 Å². The van der Waals surface area contributed by atoms with E-state index in [0.717, 1.165) is 19.7 Å². The zero-order valence-corrected chi connectivity index (χ0v) is 13.9. The molecule has 114 valence electrons. The van der Waals surface area contributed by atoms with E-state index in [-0.39, 0.29) is 0 Å². The Hall–Kier alpha value is -0.420. The van der Waals surface area contributed by atoms with Gasteiger partial charge in [0, 0.05) is 29.4 Å². The van der Waals surface area contributed by atoms with E-state index in [4.69, 9.17) is 4.74 Å². The van der Waals surface area contributed by atoms with E-state index in [2.05, 4.69) is 37.2 Å². The summed E-state index contributed by atoms with van der Waals surface area (Å²) in [4.78, 5) is 5.22. The van der Waals surface area contributed by atoms with Crippen LogP contribution in [0.1, 0.15) is 41.5 Å². The summed E-state index contributed by atoms with van der Waals surface area (Å²) in [6.45, 7) is 9.62. The lowest BCUT2D eigenvalue weighted by molar-refractivity contribution is 0.00208. The topological polar surface area (TPSA) is 24.5 Å². The average Bonchev–Trinajstić information content (AvgIpc) is 2.79. The summed E-state index contributed by atoms with van der Waals surface area (Å²) in [7, 11) is 2.19. The smallest absolute Gasteiger partial charge is 0.0731 e. The molecule has 0 saturated carbocycles. The third-order valence-corrected chi connectivity index (χ3v) is 5.03. The van der Waals surface area contributed by atoms with E-state index in [9.17, 15) is 0 Å². The van der Waals surface area contributed by atoms with Crippen LogP contribution >= 0.6 is 11.3 Å². The van der Waals surface area contributed by atoms with Crippen molar-refractivity contribution >= 4 is 11.3 Å². The first kappa shape index (κ1) is 16.0. The number of aryl methyl sites for hydroxylation is 1. The average molecular weight is 296 g/mol. The van der Waals surface area contributed by atoms with Crippen molar-refractivity contribution in [2.24, 2.45) is 0 Å². The van der Waals surface area contributed by atoms with Gasteiger partial charge in [-0.1, -0.05) is 6.92 Å². The van der Waals surface area contributed by atoms with Crippen molar-refractivity contribution in [1.82, 2.24) is 10.2 Å². The van der Waals surface area contributed by atoms with E-state index in [1.165, 1.54) is 47.7 Å². The second kappa shape index (κ2) is 8.13. The fourth-order valence-corrected chi connectivity index (χ4v) is 3.58. The summed E-state index contributed by atoms with van der Waals surface area (Å²) in [5.41, 5.74) is 1.38. The zero-order valence-electron chi connectivity index (χ0n) is 13.1. The van der Waals surface area contributed by atoms with Crippen molar-refractivity contribution in [3.05, 3.63) is 21.4 Å².